The number of nitrogen functional groups attached to an aromatic ring is 1. The number of benzene rings is 1. The van der Waals surface area contributed by atoms with Gasteiger partial charge in [0.15, 0.2) is 5.78 Å². The Morgan fingerprint density at radius 1 is 1.18 bits per heavy atom. The topological polar surface area (TPSA) is 43.1 Å². The van der Waals surface area contributed by atoms with Crippen molar-refractivity contribution in [1.82, 2.24) is 0 Å². The van der Waals surface area contributed by atoms with Crippen molar-refractivity contribution in [2.75, 3.05) is 5.73 Å². The van der Waals surface area contributed by atoms with E-state index in [9.17, 15) is 4.79 Å². The number of allylic oxidation sites excluding steroid dienone is 1. The number of nitrogens with two attached hydrogens (primary N) is 1. The lowest BCUT2D eigenvalue weighted by Gasteiger charge is -1.96. The predicted molar refractivity (Wildman–Crippen MR) is 73.3 cm³/mol. The van der Waals surface area contributed by atoms with E-state index in [0.717, 1.165) is 4.88 Å². The number of carbonyl (C=O) groups excluding carboxylic acids is 1. The maximum absolute atomic E-state index is 11.8. The molecule has 2 N–H and O–H groups in total. The Balaban J connectivity index is 2.11. The van der Waals surface area contributed by atoms with E-state index in [4.69, 9.17) is 5.73 Å². The third-order valence-electron chi connectivity index (χ3n) is 2.36. The first kappa shape index (κ1) is 11.6. The van der Waals surface area contributed by atoms with Crippen LogP contribution in [0.25, 0.3) is 6.08 Å². The zero-order valence-electron chi connectivity index (χ0n) is 9.51. The van der Waals surface area contributed by atoms with Crippen molar-refractivity contribution in [3.63, 3.8) is 0 Å². The molecule has 2 aromatic rings. The first-order chi connectivity index (χ1) is 8.15. The second-order valence-electron chi connectivity index (χ2n) is 3.77. The number of aryl methyl sites for hydroxylation is 1. The lowest BCUT2D eigenvalue weighted by atomic mass is 10.1. The molecule has 1 aromatic carbocycles. The van der Waals surface area contributed by atoms with Crippen LogP contribution in [0.2, 0.25) is 0 Å². The molecule has 2 nitrogen and oxygen atoms in total. The quantitative estimate of drug-likeness (QED) is 0.509. The monoisotopic (exact) mass is 243 g/mol. The van der Waals surface area contributed by atoms with Gasteiger partial charge in [-0.2, -0.15) is 0 Å². The van der Waals surface area contributed by atoms with Crippen LogP contribution in [0.5, 0.6) is 0 Å². The van der Waals surface area contributed by atoms with E-state index in [1.165, 1.54) is 4.88 Å². The molecule has 0 saturated heterocycles. The minimum Gasteiger partial charge on any atom is -0.399 e. The summed E-state index contributed by atoms with van der Waals surface area (Å²) >= 11 is 1.67. The van der Waals surface area contributed by atoms with Gasteiger partial charge in [-0.1, -0.05) is 0 Å². The molecule has 0 spiro atoms. The number of hydrogen-bond acceptors (Lipinski definition) is 3. The van der Waals surface area contributed by atoms with Crippen LogP contribution in [0.3, 0.4) is 0 Å². The molecule has 0 radical (unpaired) electrons. The fraction of sp³-hybridized carbons (Fsp3) is 0.0714. The van der Waals surface area contributed by atoms with Gasteiger partial charge in [0.1, 0.15) is 0 Å². The Hall–Kier alpha value is -1.87. The molecule has 1 aromatic heterocycles. The number of thiophene rings is 1. The van der Waals surface area contributed by atoms with Gasteiger partial charge >= 0.3 is 0 Å². The zero-order chi connectivity index (χ0) is 12.3. The van der Waals surface area contributed by atoms with E-state index in [-0.39, 0.29) is 5.78 Å². The molecule has 17 heavy (non-hydrogen) atoms. The highest BCUT2D eigenvalue weighted by atomic mass is 32.1. The van der Waals surface area contributed by atoms with Crippen molar-refractivity contribution >= 4 is 28.9 Å². The summed E-state index contributed by atoms with van der Waals surface area (Å²) in [5.74, 6) is -0.00365. The summed E-state index contributed by atoms with van der Waals surface area (Å²) in [6.07, 6.45) is 3.44. The Labute approximate surface area is 104 Å². The Bertz CT molecular complexity index is 552. The lowest BCUT2D eigenvalue weighted by molar-refractivity contribution is 0.104. The molecule has 0 aliphatic heterocycles. The Kier molecular flexibility index (Phi) is 3.40. The molecule has 2 rings (SSSR count). The maximum Gasteiger partial charge on any atom is 0.185 e. The van der Waals surface area contributed by atoms with Gasteiger partial charge in [0.2, 0.25) is 0 Å². The highest BCUT2D eigenvalue weighted by Crippen LogP contribution is 2.17. The van der Waals surface area contributed by atoms with Crippen molar-refractivity contribution in [2.24, 2.45) is 0 Å². The molecular formula is C14H13NOS. The molecule has 0 aliphatic carbocycles. The summed E-state index contributed by atoms with van der Waals surface area (Å²) in [7, 11) is 0. The first-order valence-electron chi connectivity index (χ1n) is 5.29. The van der Waals surface area contributed by atoms with Crippen LogP contribution in [0, 0.1) is 6.92 Å². The van der Waals surface area contributed by atoms with Gasteiger partial charge in [-0.05, 0) is 55.5 Å². The maximum atomic E-state index is 11.8. The van der Waals surface area contributed by atoms with Gasteiger partial charge < -0.3 is 5.73 Å². The van der Waals surface area contributed by atoms with Gasteiger partial charge in [-0.15, -0.1) is 11.3 Å². The highest BCUT2D eigenvalue weighted by Gasteiger charge is 2.01. The summed E-state index contributed by atoms with van der Waals surface area (Å²) in [6.45, 7) is 2.05. The molecule has 0 unspecified atom stereocenters. The second-order valence-corrected chi connectivity index (χ2v) is 5.09. The van der Waals surface area contributed by atoms with Crippen molar-refractivity contribution in [3.05, 3.63) is 57.8 Å². The van der Waals surface area contributed by atoms with E-state index in [1.54, 1.807) is 41.7 Å². The van der Waals surface area contributed by atoms with Crippen molar-refractivity contribution in [2.45, 2.75) is 6.92 Å². The van der Waals surface area contributed by atoms with Crippen LogP contribution in [0.15, 0.2) is 42.5 Å². The standard InChI is InChI=1S/C14H13NOS/c1-10-2-7-13(17-10)8-9-14(16)11-3-5-12(15)6-4-11/h2-9H,15H2,1H3/b9-8+. The van der Waals surface area contributed by atoms with Gasteiger partial charge in [-0.25, -0.2) is 0 Å². The summed E-state index contributed by atoms with van der Waals surface area (Å²) in [4.78, 5) is 14.1. The van der Waals surface area contributed by atoms with Crippen LogP contribution >= 0.6 is 11.3 Å². The number of rotatable bonds is 3. The van der Waals surface area contributed by atoms with Crippen LogP contribution in [-0.2, 0) is 0 Å². The molecular weight excluding hydrogens is 230 g/mol. The molecule has 1 heterocycles. The molecule has 0 fully saturated rings. The lowest BCUT2D eigenvalue weighted by Crippen LogP contribution is -1.94. The summed E-state index contributed by atoms with van der Waals surface area (Å²) in [5, 5.41) is 0. The predicted octanol–water partition coefficient (Wildman–Crippen LogP) is 3.53. The van der Waals surface area contributed by atoms with Gasteiger partial charge in [0, 0.05) is 21.0 Å². The molecule has 0 bridgehead atoms. The minimum absolute atomic E-state index is 0.00365. The number of carbonyl (C=O) groups is 1. The summed E-state index contributed by atoms with van der Waals surface area (Å²) in [6, 6.07) is 11.0. The fourth-order valence-electron chi connectivity index (χ4n) is 1.44. The number of ketones is 1. The molecule has 86 valence electrons. The third-order valence-corrected chi connectivity index (χ3v) is 3.32. The van der Waals surface area contributed by atoms with Gasteiger partial charge in [-0.3, -0.25) is 4.79 Å². The van der Waals surface area contributed by atoms with Crippen LogP contribution in [0.1, 0.15) is 20.1 Å². The normalized spacial score (nSPS) is 10.9. The fourth-order valence-corrected chi connectivity index (χ4v) is 2.22. The molecule has 0 amide bonds. The van der Waals surface area contributed by atoms with E-state index in [0.29, 0.717) is 11.3 Å². The van der Waals surface area contributed by atoms with Crippen molar-refractivity contribution < 1.29 is 4.79 Å². The Morgan fingerprint density at radius 2 is 1.88 bits per heavy atom. The smallest absolute Gasteiger partial charge is 0.185 e. The number of anilines is 1. The summed E-state index contributed by atoms with van der Waals surface area (Å²) < 4.78 is 0. The zero-order valence-corrected chi connectivity index (χ0v) is 10.3. The molecule has 3 heteroatoms. The first-order valence-corrected chi connectivity index (χ1v) is 6.11. The van der Waals surface area contributed by atoms with Crippen molar-refractivity contribution in [3.8, 4) is 0 Å². The second kappa shape index (κ2) is 4.97. The molecule has 0 saturated carbocycles. The largest absolute Gasteiger partial charge is 0.399 e. The van der Waals surface area contributed by atoms with E-state index in [1.807, 2.05) is 25.1 Å². The van der Waals surface area contributed by atoms with Crippen molar-refractivity contribution in [1.29, 1.82) is 0 Å². The van der Waals surface area contributed by atoms with Crippen LogP contribution < -0.4 is 5.73 Å². The Morgan fingerprint density at radius 3 is 2.47 bits per heavy atom. The average molecular weight is 243 g/mol. The molecule has 0 atom stereocenters. The average Bonchev–Trinajstić information content (AvgIpc) is 2.73. The minimum atomic E-state index is -0.00365. The van der Waals surface area contributed by atoms with Crippen LogP contribution in [-0.4, -0.2) is 5.78 Å². The SMILES string of the molecule is Cc1ccc(/C=C/C(=O)c2ccc(N)cc2)s1. The van der Waals surface area contributed by atoms with E-state index >= 15 is 0 Å². The highest BCUT2D eigenvalue weighted by molar-refractivity contribution is 7.12. The van der Waals surface area contributed by atoms with E-state index in [2.05, 4.69) is 0 Å². The van der Waals surface area contributed by atoms with E-state index < -0.39 is 0 Å². The number of hydrogen-bond donors (Lipinski definition) is 1. The van der Waals surface area contributed by atoms with Gasteiger partial charge in [0.25, 0.3) is 0 Å². The van der Waals surface area contributed by atoms with Gasteiger partial charge in [0.05, 0.1) is 0 Å². The third kappa shape index (κ3) is 3.04. The van der Waals surface area contributed by atoms with Crippen LogP contribution in [0.4, 0.5) is 5.69 Å². The molecule has 0 aliphatic rings. The summed E-state index contributed by atoms with van der Waals surface area (Å²) in [5.41, 5.74) is 6.89.